The van der Waals surface area contributed by atoms with E-state index in [1.165, 1.54) is 0 Å². The SMILES string of the molecule is CN(CC1COc2ccccc2O1)C(=O)c1ccc(-c2ccc(Cl)cc2)o1. The maximum absolute atomic E-state index is 12.7. The minimum atomic E-state index is -0.237. The first-order valence-electron chi connectivity index (χ1n) is 8.60. The molecule has 4 rings (SSSR count). The van der Waals surface area contributed by atoms with Crippen molar-refractivity contribution in [1.29, 1.82) is 0 Å². The normalized spacial score (nSPS) is 15.4. The van der Waals surface area contributed by atoms with E-state index in [4.69, 9.17) is 25.5 Å². The number of ether oxygens (including phenoxy) is 2. The molecule has 0 fully saturated rings. The van der Waals surface area contributed by atoms with Crippen molar-refractivity contribution in [1.82, 2.24) is 4.90 Å². The third kappa shape index (κ3) is 3.78. The van der Waals surface area contributed by atoms with Gasteiger partial charge < -0.3 is 18.8 Å². The predicted molar refractivity (Wildman–Crippen MR) is 102 cm³/mol. The quantitative estimate of drug-likeness (QED) is 0.665. The molecule has 0 spiro atoms. The first kappa shape index (κ1) is 17.5. The number of nitrogens with zero attached hydrogens (tertiary/aromatic N) is 1. The summed E-state index contributed by atoms with van der Waals surface area (Å²) in [5, 5.41) is 0.651. The van der Waals surface area contributed by atoms with Gasteiger partial charge in [-0.25, -0.2) is 0 Å². The second-order valence-corrected chi connectivity index (χ2v) is 6.79. The number of halogens is 1. The Labute approximate surface area is 162 Å². The predicted octanol–water partition coefficient (Wildman–Crippen LogP) is 4.51. The average Bonchev–Trinajstić information content (AvgIpc) is 3.18. The van der Waals surface area contributed by atoms with Crippen molar-refractivity contribution in [3.05, 3.63) is 71.4 Å². The molecule has 2 aromatic carbocycles. The topological polar surface area (TPSA) is 51.9 Å². The van der Waals surface area contributed by atoms with E-state index in [2.05, 4.69) is 0 Å². The van der Waals surface area contributed by atoms with Crippen molar-refractivity contribution in [2.75, 3.05) is 20.2 Å². The Morgan fingerprint density at radius 2 is 1.81 bits per heavy atom. The van der Waals surface area contributed by atoms with Crippen LogP contribution in [0, 0.1) is 0 Å². The number of hydrogen-bond acceptors (Lipinski definition) is 4. The van der Waals surface area contributed by atoms with Gasteiger partial charge in [0.2, 0.25) is 0 Å². The van der Waals surface area contributed by atoms with E-state index in [-0.39, 0.29) is 17.8 Å². The second kappa shape index (κ2) is 7.37. The summed E-state index contributed by atoms with van der Waals surface area (Å²) < 4.78 is 17.3. The van der Waals surface area contributed by atoms with Crippen molar-refractivity contribution in [3.8, 4) is 22.8 Å². The summed E-state index contributed by atoms with van der Waals surface area (Å²) in [5.41, 5.74) is 0.863. The summed E-state index contributed by atoms with van der Waals surface area (Å²) in [4.78, 5) is 14.3. The highest BCUT2D eigenvalue weighted by Crippen LogP contribution is 2.31. The van der Waals surface area contributed by atoms with Gasteiger partial charge in [0.25, 0.3) is 5.91 Å². The summed E-state index contributed by atoms with van der Waals surface area (Å²) in [6.07, 6.45) is -0.237. The van der Waals surface area contributed by atoms with E-state index in [1.54, 1.807) is 36.2 Å². The van der Waals surface area contributed by atoms with Crippen molar-refractivity contribution < 1.29 is 18.7 Å². The minimum Gasteiger partial charge on any atom is -0.486 e. The molecule has 0 saturated heterocycles. The van der Waals surface area contributed by atoms with Crippen molar-refractivity contribution >= 4 is 17.5 Å². The van der Waals surface area contributed by atoms with Gasteiger partial charge in [0.05, 0.1) is 6.54 Å². The van der Waals surface area contributed by atoms with Crippen LogP contribution in [-0.4, -0.2) is 37.1 Å². The Bertz CT molecular complexity index is 951. The largest absolute Gasteiger partial charge is 0.486 e. The number of carbonyl (C=O) groups excluding carboxylic acids is 1. The molecule has 3 aromatic rings. The van der Waals surface area contributed by atoms with Crippen molar-refractivity contribution in [2.45, 2.75) is 6.10 Å². The van der Waals surface area contributed by atoms with Gasteiger partial charge in [-0.3, -0.25) is 4.79 Å². The number of benzene rings is 2. The molecule has 6 heteroatoms. The summed E-state index contributed by atoms with van der Waals surface area (Å²) in [6.45, 7) is 0.785. The van der Waals surface area contributed by atoms with Crippen LogP contribution in [-0.2, 0) is 0 Å². The molecule has 2 heterocycles. The van der Waals surface area contributed by atoms with Crippen LogP contribution in [0.2, 0.25) is 5.02 Å². The van der Waals surface area contributed by atoms with Crippen molar-refractivity contribution in [2.24, 2.45) is 0 Å². The number of para-hydroxylation sites is 2. The summed E-state index contributed by atoms with van der Waals surface area (Å²) in [7, 11) is 1.72. The Kier molecular flexibility index (Phi) is 4.77. The molecule has 1 atom stereocenters. The standard InChI is InChI=1S/C21H18ClNO4/c1-23(12-16-13-25-18-4-2-3-5-19(18)26-16)21(24)20-11-10-17(27-20)14-6-8-15(22)9-7-14/h2-11,16H,12-13H2,1H3. The summed E-state index contributed by atoms with van der Waals surface area (Å²) in [5.74, 6) is 2.10. The molecule has 0 radical (unpaired) electrons. The average molecular weight is 384 g/mol. The van der Waals surface area contributed by atoms with Gasteiger partial charge in [-0.05, 0) is 48.5 Å². The summed E-state index contributed by atoms with van der Waals surface area (Å²) in [6, 6.07) is 18.2. The zero-order chi connectivity index (χ0) is 18.8. The van der Waals surface area contributed by atoms with Crippen LogP contribution in [0.4, 0.5) is 0 Å². The van der Waals surface area contributed by atoms with Gasteiger partial charge in [-0.2, -0.15) is 0 Å². The van der Waals surface area contributed by atoms with E-state index in [1.807, 2.05) is 36.4 Å². The number of carbonyl (C=O) groups is 1. The number of rotatable bonds is 4. The lowest BCUT2D eigenvalue weighted by molar-refractivity contribution is 0.0502. The molecule has 1 aromatic heterocycles. The summed E-state index contributed by atoms with van der Waals surface area (Å²) >= 11 is 5.91. The third-order valence-electron chi connectivity index (χ3n) is 4.34. The molecule has 1 aliphatic rings. The van der Waals surface area contributed by atoms with Gasteiger partial charge in [0.15, 0.2) is 23.4 Å². The second-order valence-electron chi connectivity index (χ2n) is 6.35. The number of likely N-dealkylation sites (N-methyl/N-ethyl adjacent to an activating group) is 1. The fourth-order valence-corrected chi connectivity index (χ4v) is 3.08. The fraction of sp³-hybridized carbons (Fsp3) is 0.190. The zero-order valence-electron chi connectivity index (χ0n) is 14.7. The van der Waals surface area contributed by atoms with Crippen molar-refractivity contribution in [3.63, 3.8) is 0 Å². The lowest BCUT2D eigenvalue weighted by atomic mass is 10.2. The monoisotopic (exact) mass is 383 g/mol. The van der Waals surface area contributed by atoms with Gasteiger partial charge in [0, 0.05) is 17.6 Å². The molecule has 0 aliphatic carbocycles. The fourth-order valence-electron chi connectivity index (χ4n) is 2.95. The molecule has 0 bridgehead atoms. The van der Waals surface area contributed by atoms with Crippen LogP contribution in [0.3, 0.4) is 0 Å². The van der Waals surface area contributed by atoms with E-state index >= 15 is 0 Å². The molecule has 0 N–H and O–H groups in total. The molecule has 0 saturated carbocycles. The number of amides is 1. The molecular formula is C21H18ClNO4. The molecular weight excluding hydrogens is 366 g/mol. The van der Waals surface area contributed by atoms with E-state index in [9.17, 15) is 4.79 Å². The molecule has 1 unspecified atom stereocenters. The lowest BCUT2D eigenvalue weighted by Crippen LogP contribution is -2.41. The maximum atomic E-state index is 12.7. The van der Waals surface area contributed by atoms with E-state index in [0.717, 1.165) is 11.3 Å². The molecule has 138 valence electrons. The van der Waals surface area contributed by atoms with Crippen LogP contribution in [0.5, 0.6) is 11.5 Å². The molecule has 27 heavy (non-hydrogen) atoms. The third-order valence-corrected chi connectivity index (χ3v) is 4.59. The minimum absolute atomic E-state index is 0.210. The van der Waals surface area contributed by atoms with Gasteiger partial charge in [-0.1, -0.05) is 23.7 Å². The Hall–Kier alpha value is -2.92. The van der Waals surface area contributed by atoms with Crippen LogP contribution in [0.15, 0.2) is 65.1 Å². The van der Waals surface area contributed by atoms with Crippen LogP contribution in [0.1, 0.15) is 10.6 Å². The number of furan rings is 1. The van der Waals surface area contributed by atoms with Gasteiger partial charge in [-0.15, -0.1) is 0 Å². The first-order chi connectivity index (χ1) is 13.1. The Morgan fingerprint density at radius 1 is 1.07 bits per heavy atom. The molecule has 1 amide bonds. The Morgan fingerprint density at radius 3 is 2.59 bits per heavy atom. The smallest absolute Gasteiger partial charge is 0.289 e. The molecule has 5 nitrogen and oxygen atoms in total. The highest BCUT2D eigenvalue weighted by atomic mass is 35.5. The lowest BCUT2D eigenvalue weighted by Gasteiger charge is -2.29. The van der Waals surface area contributed by atoms with Crippen LogP contribution < -0.4 is 9.47 Å². The first-order valence-corrected chi connectivity index (χ1v) is 8.97. The zero-order valence-corrected chi connectivity index (χ0v) is 15.5. The number of fused-ring (bicyclic) bond motifs is 1. The Balaban J connectivity index is 1.42. The highest BCUT2D eigenvalue weighted by molar-refractivity contribution is 6.30. The molecule has 1 aliphatic heterocycles. The van der Waals surface area contributed by atoms with E-state index < -0.39 is 0 Å². The van der Waals surface area contributed by atoms with Gasteiger partial charge >= 0.3 is 0 Å². The van der Waals surface area contributed by atoms with Gasteiger partial charge in [0.1, 0.15) is 12.4 Å². The highest BCUT2D eigenvalue weighted by Gasteiger charge is 2.25. The van der Waals surface area contributed by atoms with Crippen LogP contribution in [0.25, 0.3) is 11.3 Å². The van der Waals surface area contributed by atoms with E-state index in [0.29, 0.717) is 29.7 Å². The van der Waals surface area contributed by atoms with Crippen LogP contribution >= 0.6 is 11.6 Å². The number of hydrogen-bond donors (Lipinski definition) is 0. The maximum Gasteiger partial charge on any atom is 0.289 e.